The van der Waals surface area contributed by atoms with Crippen LogP contribution in [0, 0.1) is 0 Å². The minimum Gasteiger partial charge on any atom is -0.357 e. The molecule has 1 aromatic rings. The molecular weight excluding hydrogens is 278 g/mol. The Kier molecular flexibility index (Phi) is 6.43. The van der Waals surface area contributed by atoms with Crippen molar-refractivity contribution in [3.63, 3.8) is 0 Å². The van der Waals surface area contributed by atoms with E-state index in [1.54, 1.807) is 0 Å². The smallest absolute Gasteiger partial charge is 0.191 e. The zero-order valence-corrected chi connectivity index (χ0v) is 14.0. The minimum absolute atomic E-state index is 0.335. The first kappa shape index (κ1) is 16.2. The molecule has 0 saturated carbocycles. The van der Waals surface area contributed by atoms with E-state index in [1.165, 1.54) is 24.2 Å². The van der Waals surface area contributed by atoms with Crippen LogP contribution in [0.4, 0.5) is 0 Å². The molecule has 1 atom stereocenters. The molecule has 116 valence electrons. The maximum Gasteiger partial charge on any atom is 0.191 e. The van der Waals surface area contributed by atoms with Crippen molar-refractivity contribution in [1.82, 2.24) is 10.6 Å². The van der Waals surface area contributed by atoms with Gasteiger partial charge in [0, 0.05) is 17.8 Å². The number of hydrogen-bond acceptors (Lipinski definition) is 2. The molecule has 2 N–H and O–H groups in total. The molecule has 0 aromatic heterocycles. The van der Waals surface area contributed by atoms with Gasteiger partial charge in [-0.05, 0) is 44.4 Å². The number of guanidine groups is 1. The van der Waals surface area contributed by atoms with Crippen molar-refractivity contribution < 1.29 is 0 Å². The SMILES string of the molecule is CCNC(=NCC1(C)CCCS1)NCCc1ccccc1. The summed E-state index contributed by atoms with van der Waals surface area (Å²) in [5.41, 5.74) is 1.36. The van der Waals surface area contributed by atoms with Crippen LogP contribution < -0.4 is 10.6 Å². The first-order valence-corrected chi connectivity index (χ1v) is 8.90. The third kappa shape index (κ3) is 5.62. The van der Waals surface area contributed by atoms with Gasteiger partial charge in [0.25, 0.3) is 0 Å². The van der Waals surface area contributed by atoms with Gasteiger partial charge in [0.1, 0.15) is 0 Å². The second-order valence-electron chi connectivity index (χ2n) is 5.76. The molecule has 1 aliphatic heterocycles. The summed E-state index contributed by atoms with van der Waals surface area (Å²) < 4.78 is 0.335. The van der Waals surface area contributed by atoms with Crippen LogP contribution in [0.15, 0.2) is 35.3 Å². The highest BCUT2D eigenvalue weighted by Gasteiger charge is 2.29. The van der Waals surface area contributed by atoms with Gasteiger partial charge in [0.05, 0.1) is 6.54 Å². The first-order valence-electron chi connectivity index (χ1n) is 7.92. The highest BCUT2D eigenvalue weighted by Crippen LogP contribution is 2.37. The summed E-state index contributed by atoms with van der Waals surface area (Å²) in [5.74, 6) is 2.23. The molecule has 1 unspecified atom stereocenters. The van der Waals surface area contributed by atoms with Crippen LogP contribution in [0.3, 0.4) is 0 Å². The van der Waals surface area contributed by atoms with E-state index in [-0.39, 0.29) is 0 Å². The number of nitrogens with zero attached hydrogens (tertiary/aromatic N) is 1. The van der Waals surface area contributed by atoms with Gasteiger partial charge in [-0.15, -0.1) is 0 Å². The molecule has 0 bridgehead atoms. The molecule has 1 aromatic carbocycles. The lowest BCUT2D eigenvalue weighted by Gasteiger charge is -2.21. The quantitative estimate of drug-likeness (QED) is 0.626. The topological polar surface area (TPSA) is 36.4 Å². The van der Waals surface area contributed by atoms with Crippen molar-refractivity contribution >= 4 is 17.7 Å². The maximum absolute atomic E-state index is 4.77. The Bertz CT molecular complexity index is 439. The summed E-state index contributed by atoms with van der Waals surface area (Å²) >= 11 is 2.06. The number of thioether (sulfide) groups is 1. The van der Waals surface area contributed by atoms with Crippen LogP contribution in [0.2, 0.25) is 0 Å². The van der Waals surface area contributed by atoms with E-state index in [1.807, 2.05) is 0 Å². The highest BCUT2D eigenvalue weighted by molar-refractivity contribution is 8.00. The molecule has 1 aliphatic rings. The average Bonchev–Trinajstić information content (AvgIpc) is 2.93. The number of benzene rings is 1. The van der Waals surface area contributed by atoms with Crippen molar-refractivity contribution in [2.75, 3.05) is 25.4 Å². The third-order valence-corrected chi connectivity index (χ3v) is 5.29. The molecule has 0 amide bonds. The van der Waals surface area contributed by atoms with Gasteiger partial charge < -0.3 is 10.6 Å². The fourth-order valence-electron chi connectivity index (χ4n) is 2.52. The number of hydrogen-bond donors (Lipinski definition) is 2. The van der Waals surface area contributed by atoms with Gasteiger partial charge in [-0.1, -0.05) is 30.3 Å². The van der Waals surface area contributed by atoms with Crippen LogP contribution in [-0.2, 0) is 6.42 Å². The summed E-state index contributed by atoms with van der Waals surface area (Å²) in [7, 11) is 0. The van der Waals surface area contributed by atoms with Gasteiger partial charge in [-0.25, -0.2) is 0 Å². The molecule has 2 rings (SSSR count). The fourth-order valence-corrected chi connectivity index (χ4v) is 3.75. The predicted molar refractivity (Wildman–Crippen MR) is 94.2 cm³/mol. The Morgan fingerprint density at radius 3 is 2.76 bits per heavy atom. The molecule has 21 heavy (non-hydrogen) atoms. The van der Waals surface area contributed by atoms with Gasteiger partial charge in [-0.3, -0.25) is 4.99 Å². The van der Waals surface area contributed by atoms with Gasteiger partial charge in [0.2, 0.25) is 0 Å². The predicted octanol–water partition coefficient (Wildman–Crippen LogP) is 3.07. The van der Waals surface area contributed by atoms with E-state index in [9.17, 15) is 0 Å². The Morgan fingerprint density at radius 1 is 1.29 bits per heavy atom. The van der Waals surface area contributed by atoms with E-state index < -0.39 is 0 Å². The molecule has 1 saturated heterocycles. The van der Waals surface area contributed by atoms with Gasteiger partial charge in [-0.2, -0.15) is 11.8 Å². The molecule has 3 nitrogen and oxygen atoms in total. The summed E-state index contributed by atoms with van der Waals surface area (Å²) in [5, 5.41) is 6.78. The lowest BCUT2D eigenvalue weighted by Crippen LogP contribution is -2.39. The summed E-state index contributed by atoms with van der Waals surface area (Å²) in [6, 6.07) is 10.6. The number of aliphatic imine (C=N–C) groups is 1. The second kappa shape index (κ2) is 8.32. The molecule has 1 heterocycles. The zero-order chi connectivity index (χ0) is 15.0. The van der Waals surface area contributed by atoms with Crippen molar-refractivity contribution in [1.29, 1.82) is 0 Å². The summed E-state index contributed by atoms with van der Waals surface area (Å²) in [6.45, 7) is 7.17. The number of nitrogens with one attached hydrogen (secondary N) is 2. The van der Waals surface area contributed by atoms with Gasteiger partial charge in [0.15, 0.2) is 5.96 Å². The van der Waals surface area contributed by atoms with Crippen molar-refractivity contribution in [3.8, 4) is 0 Å². The molecular formula is C17H27N3S. The Labute approximate surface area is 133 Å². The first-order chi connectivity index (χ1) is 10.2. The zero-order valence-electron chi connectivity index (χ0n) is 13.2. The normalized spacial score (nSPS) is 22.3. The van der Waals surface area contributed by atoms with E-state index in [4.69, 9.17) is 4.99 Å². The molecule has 1 fully saturated rings. The average molecular weight is 305 g/mol. The van der Waals surface area contributed by atoms with Crippen molar-refractivity contribution in [3.05, 3.63) is 35.9 Å². The third-order valence-electron chi connectivity index (χ3n) is 3.77. The van der Waals surface area contributed by atoms with Crippen LogP contribution in [0.25, 0.3) is 0 Å². The van der Waals surface area contributed by atoms with E-state index in [0.717, 1.165) is 32.0 Å². The lowest BCUT2D eigenvalue weighted by molar-refractivity contribution is 0.614. The Balaban J connectivity index is 1.80. The Hall–Kier alpha value is -1.16. The van der Waals surface area contributed by atoms with Crippen LogP contribution in [0.1, 0.15) is 32.3 Å². The van der Waals surface area contributed by atoms with Crippen LogP contribution in [0.5, 0.6) is 0 Å². The highest BCUT2D eigenvalue weighted by atomic mass is 32.2. The fraction of sp³-hybridized carbons (Fsp3) is 0.588. The summed E-state index contributed by atoms with van der Waals surface area (Å²) in [4.78, 5) is 4.77. The standard InChI is InChI=1S/C17H27N3S/c1-3-18-16(20-14-17(2)11-7-13-21-17)19-12-10-15-8-5-4-6-9-15/h4-6,8-9H,3,7,10-14H2,1-2H3,(H2,18,19,20). The van der Waals surface area contributed by atoms with E-state index in [0.29, 0.717) is 4.75 Å². The maximum atomic E-state index is 4.77. The lowest BCUT2D eigenvalue weighted by atomic mass is 10.1. The molecule has 0 aliphatic carbocycles. The van der Waals surface area contributed by atoms with Gasteiger partial charge >= 0.3 is 0 Å². The monoisotopic (exact) mass is 305 g/mol. The van der Waals surface area contributed by atoms with Crippen molar-refractivity contribution in [2.24, 2.45) is 4.99 Å². The number of rotatable bonds is 6. The van der Waals surface area contributed by atoms with E-state index in [2.05, 4.69) is 66.6 Å². The molecule has 0 radical (unpaired) electrons. The second-order valence-corrected chi connectivity index (χ2v) is 7.44. The van der Waals surface area contributed by atoms with Crippen LogP contribution >= 0.6 is 11.8 Å². The molecule has 4 heteroatoms. The summed E-state index contributed by atoms with van der Waals surface area (Å²) in [6.07, 6.45) is 3.64. The molecule has 0 spiro atoms. The largest absolute Gasteiger partial charge is 0.357 e. The van der Waals surface area contributed by atoms with E-state index >= 15 is 0 Å². The minimum atomic E-state index is 0.335. The Morgan fingerprint density at radius 2 is 2.10 bits per heavy atom. The van der Waals surface area contributed by atoms with Crippen LogP contribution in [-0.4, -0.2) is 36.1 Å². The van der Waals surface area contributed by atoms with Crippen molar-refractivity contribution in [2.45, 2.75) is 37.9 Å².